The first-order valence-electron chi connectivity index (χ1n) is 11.0. The van der Waals surface area contributed by atoms with Crippen LogP contribution in [0.4, 0.5) is 0 Å². The van der Waals surface area contributed by atoms with Gasteiger partial charge in [0.1, 0.15) is 37.1 Å². The van der Waals surface area contributed by atoms with Crippen LogP contribution < -0.4 is 0 Å². The molecular weight excluding hydrogens is 492 g/mol. The molecule has 2 heterocycles. The lowest BCUT2D eigenvalue weighted by Crippen LogP contribution is -2.64. The second-order valence-electron chi connectivity index (χ2n) is 8.15. The van der Waals surface area contributed by atoms with Crippen molar-refractivity contribution < 1.29 is 72.4 Å². The minimum atomic E-state index is -1.63. The number of hydrogen-bond acceptors (Lipinski definition) is 15. The van der Waals surface area contributed by atoms with E-state index in [0.717, 1.165) is 27.7 Å². The van der Waals surface area contributed by atoms with E-state index in [1.54, 1.807) is 0 Å². The molecule has 2 saturated heterocycles. The summed E-state index contributed by atoms with van der Waals surface area (Å²) in [5, 5.41) is 30.3. The van der Waals surface area contributed by atoms with Crippen molar-refractivity contribution in [2.75, 3.05) is 20.3 Å². The van der Waals surface area contributed by atoms with Gasteiger partial charge in [-0.2, -0.15) is 0 Å². The summed E-state index contributed by atoms with van der Waals surface area (Å²) in [5.41, 5.74) is 0. The monoisotopic (exact) mass is 524 g/mol. The topological polar surface area (TPSA) is 203 Å². The average molecular weight is 524 g/mol. The lowest BCUT2D eigenvalue weighted by Gasteiger charge is -2.45. The van der Waals surface area contributed by atoms with Crippen LogP contribution in [0.15, 0.2) is 0 Å². The van der Waals surface area contributed by atoms with Crippen molar-refractivity contribution >= 4 is 23.9 Å². The zero-order valence-electron chi connectivity index (χ0n) is 20.4. The number of rotatable bonds is 9. The van der Waals surface area contributed by atoms with E-state index >= 15 is 0 Å². The normalized spacial score (nSPS) is 36.4. The first-order valence-corrected chi connectivity index (χ1v) is 11.0. The van der Waals surface area contributed by atoms with Crippen LogP contribution in [0.25, 0.3) is 0 Å². The highest BCUT2D eigenvalue weighted by Crippen LogP contribution is 2.31. The average Bonchev–Trinajstić information content (AvgIpc) is 2.78. The number of carbonyl (C=O) groups excluding carboxylic acids is 4. The molecule has 2 rings (SSSR count). The molecule has 3 N–H and O–H groups in total. The largest absolute Gasteiger partial charge is 0.463 e. The van der Waals surface area contributed by atoms with Gasteiger partial charge in [-0.1, -0.05) is 0 Å². The first kappa shape index (κ1) is 29.8. The van der Waals surface area contributed by atoms with Crippen LogP contribution in [0.5, 0.6) is 0 Å². The van der Waals surface area contributed by atoms with Crippen molar-refractivity contribution in [2.24, 2.45) is 0 Å². The molecule has 0 bridgehead atoms. The predicted molar refractivity (Wildman–Crippen MR) is 112 cm³/mol. The van der Waals surface area contributed by atoms with Gasteiger partial charge < -0.3 is 53.2 Å². The summed E-state index contributed by atoms with van der Waals surface area (Å²) in [6.07, 6.45) is -14.3. The third kappa shape index (κ3) is 7.80. The maximum atomic E-state index is 11.8. The van der Waals surface area contributed by atoms with Crippen LogP contribution in [-0.4, -0.2) is 121 Å². The lowest BCUT2D eigenvalue weighted by molar-refractivity contribution is -0.330. The van der Waals surface area contributed by atoms with Gasteiger partial charge in [-0.25, -0.2) is 0 Å². The van der Waals surface area contributed by atoms with Gasteiger partial charge in [0.2, 0.25) is 0 Å². The molecule has 2 fully saturated rings. The predicted octanol–water partition coefficient (Wildman–Crippen LogP) is -2.46. The number of carbonyl (C=O) groups is 4. The Hall–Kier alpha value is -2.40. The quantitative estimate of drug-likeness (QED) is 0.211. The van der Waals surface area contributed by atoms with Crippen molar-refractivity contribution in [3.8, 4) is 0 Å². The van der Waals surface area contributed by atoms with Crippen LogP contribution in [0, 0.1) is 0 Å². The van der Waals surface area contributed by atoms with Crippen molar-refractivity contribution in [3.05, 3.63) is 0 Å². The maximum Gasteiger partial charge on any atom is 0.303 e. The number of ether oxygens (including phenoxy) is 8. The van der Waals surface area contributed by atoms with E-state index in [-0.39, 0.29) is 0 Å². The molecule has 0 aromatic heterocycles. The van der Waals surface area contributed by atoms with Crippen LogP contribution in [0.3, 0.4) is 0 Å². The van der Waals surface area contributed by atoms with E-state index in [1.165, 1.54) is 7.11 Å². The van der Waals surface area contributed by atoms with Crippen molar-refractivity contribution in [1.82, 2.24) is 0 Å². The van der Waals surface area contributed by atoms with Gasteiger partial charge in [-0.15, -0.1) is 0 Å². The Morgan fingerprint density at radius 2 is 1.17 bits per heavy atom. The Morgan fingerprint density at radius 1 is 0.639 bits per heavy atom. The number of hydrogen-bond donors (Lipinski definition) is 3. The molecule has 0 spiro atoms. The Kier molecular flexibility index (Phi) is 11.0. The van der Waals surface area contributed by atoms with E-state index < -0.39 is 98.5 Å². The summed E-state index contributed by atoms with van der Waals surface area (Å²) in [6, 6.07) is 0. The highest BCUT2D eigenvalue weighted by molar-refractivity contribution is 5.68. The van der Waals surface area contributed by atoms with Gasteiger partial charge in [0.05, 0.1) is 6.61 Å². The fourth-order valence-electron chi connectivity index (χ4n) is 3.76. The molecular formula is C21H32O15. The molecule has 0 radical (unpaired) electrons. The molecule has 0 aromatic carbocycles. The summed E-state index contributed by atoms with van der Waals surface area (Å²) in [5.74, 6) is -3.10. The van der Waals surface area contributed by atoms with Crippen LogP contribution in [0.2, 0.25) is 0 Å². The minimum Gasteiger partial charge on any atom is -0.463 e. The van der Waals surface area contributed by atoms with Gasteiger partial charge in [0.15, 0.2) is 30.9 Å². The van der Waals surface area contributed by atoms with E-state index in [9.17, 15) is 34.5 Å². The van der Waals surface area contributed by atoms with Gasteiger partial charge in [0.25, 0.3) is 0 Å². The van der Waals surface area contributed by atoms with E-state index in [1.807, 2.05) is 0 Å². The molecule has 36 heavy (non-hydrogen) atoms. The third-order valence-corrected chi connectivity index (χ3v) is 5.27. The van der Waals surface area contributed by atoms with Crippen LogP contribution in [0.1, 0.15) is 27.7 Å². The highest BCUT2D eigenvalue weighted by Gasteiger charge is 2.53. The van der Waals surface area contributed by atoms with Gasteiger partial charge in [-0.05, 0) is 0 Å². The summed E-state index contributed by atoms with van der Waals surface area (Å²) in [6.45, 7) is 3.44. The molecule has 10 atom stereocenters. The lowest BCUT2D eigenvalue weighted by atomic mass is 9.97. The minimum absolute atomic E-state index is 0.448. The summed E-state index contributed by atoms with van der Waals surface area (Å²) < 4.78 is 42.6. The molecule has 0 amide bonds. The number of aliphatic hydroxyl groups excluding tert-OH is 3. The summed E-state index contributed by atoms with van der Waals surface area (Å²) in [7, 11) is 1.22. The molecule has 15 nitrogen and oxygen atoms in total. The Labute approximate surface area is 206 Å². The van der Waals surface area contributed by atoms with Crippen molar-refractivity contribution in [2.45, 2.75) is 89.1 Å². The third-order valence-electron chi connectivity index (χ3n) is 5.27. The molecule has 0 aliphatic carbocycles. The zero-order chi connectivity index (χ0) is 27.2. The molecule has 0 aromatic rings. The Balaban J connectivity index is 2.33. The second-order valence-corrected chi connectivity index (χ2v) is 8.15. The highest BCUT2D eigenvalue weighted by atomic mass is 16.7. The Bertz CT molecular complexity index is 785. The standard InChI is InChI=1S/C21H32O15/c1-8(22)30-7-13-17(32-9(2)23)18(33-10(3)24)19(34-11(4)25)21(36-13)31-6-12-14(26)15(27)16(28)20(29-5)35-12/h12-21,26-28H,6-7H2,1-5H3/t12-,13-,14-,15+,16-,17-,18+,19-,20-,21-/m1/s1. The summed E-state index contributed by atoms with van der Waals surface area (Å²) >= 11 is 0. The van der Waals surface area contributed by atoms with Crippen molar-refractivity contribution in [3.63, 3.8) is 0 Å². The fourth-order valence-corrected chi connectivity index (χ4v) is 3.76. The van der Waals surface area contributed by atoms with E-state index in [2.05, 4.69) is 0 Å². The van der Waals surface area contributed by atoms with Gasteiger partial charge in [0, 0.05) is 34.8 Å². The van der Waals surface area contributed by atoms with Gasteiger partial charge in [-0.3, -0.25) is 19.2 Å². The van der Waals surface area contributed by atoms with Crippen LogP contribution in [-0.2, 0) is 57.1 Å². The number of esters is 4. The van der Waals surface area contributed by atoms with Crippen LogP contribution >= 0.6 is 0 Å². The second kappa shape index (κ2) is 13.2. The molecule has 2 aliphatic heterocycles. The molecule has 0 saturated carbocycles. The Morgan fingerprint density at radius 3 is 1.69 bits per heavy atom. The zero-order valence-corrected chi connectivity index (χ0v) is 20.4. The summed E-state index contributed by atoms with van der Waals surface area (Å²) in [4.78, 5) is 46.8. The smallest absolute Gasteiger partial charge is 0.303 e. The number of methoxy groups -OCH3 is 1. The van der Waals surface area contributed by atoms with Crippen molar-refractivity contribution in [1.29, 1.82) is 0 Å². The molecule has 2 aliphatic rings. The fraction of sp³-hybridized carbons (Fsp3) is 0.810. The van der Waals surface area contributed by atoms with E-state index in [0.29, 0.717) is 0 Å². The first-order chi connectivity index (χ1) is 16.8. The SMILES string of the molecule is CO[C@@H]1O[C@H](CO[C@@H]2O[C@H](COC(C)=O)[C@@H](OC(C)=O)[C@H](OC(C)=O)[C@H]2OC(C)=O)[C@@H](O)[C@H](O)[C@H]1O. The maximum absolute atomic E-state index is 11.8. The number of aliphatic hydroxyl groups is 3. The van der Waals surface area contributed by atoms with Gasteiger partial charge >= 0.3 is 23.9 Å². The molecule has 206 valence electrons. The molecule has 0 unspecified atom stereocenters. The molecule has 15 heteroatoms. The van der Waals surface area contributed by atoms with E-state index in [4.69, 9.17) is 37.9 Å².